The molecule has 1 heterocycles. The minimum atomic E-state index is 0.0368. The van der Waals surface area contributed by atoms with Crippen molar-refractivity contribution in [1.29, 1.82) is 0 Å². The summed E-state index contributed by atoms with van der Waals surface area (Å²) >= 11 is 0. The molecule has 0 radical (unpaired) electrons. The van der Waals surface area contributed by atoms with Crippen LogP contribution >= 0.6 is 0 Å². The third kappa shape index (κ3) is 2.99. The average Bonchev–Trinajstić information content (AvgIpc) is 2.81. The van der Waals surface area contributed by atoms with Gasteiger partial charge < -0.3 is 10.2 Å². The number of hydrogen-bond donors (Lipinski definition) is 1. The van der Waals surface area contributed by atoms with Crippen LogP contribution < -0.4 is 5.32 Å². The number of amides is 2. The molecule has 0 aliphatic carbocycles. The summed E-state index contributed by atoms with van der Waals surface area (Å²) in [5, 5.41) is 3.06. The van der Waals surface area contributed by atoms with Crippen LogP contribution in [-0.4, -0.2) is 23.5 Å². The minimum Gasteiger partial charge on any atom is -0.333 e. The van der Waals surface area contributed by atoms with Crippen molar-refractivity contribution in [2.45, 2.75) is 19.0 Å². The van der Waals surface area contributed by atoms with Crippen LogP contribution in [0.4, 0.5) is 4.79 Å². The lowest BCUT2D eigenvalue weighted by Gasteiger charge is -2.14. The Bertz CT molecular complexity index is 568. The molecule has 1 unspecified atom stereocenters. The molecule has 102 valence electrons. The van der Waals surface area contributed by atoms with Crippen molar-refractivity contribution in [1.82, 2.24) is 10.2 Å². The van der Waals surface area contributed by atoms with E-state index in [1.165, 1.54) is 11.1 Å². The third-order valence-corrected chi connectivity index (χ3v) is 3.60. The van der Waals surface area contributed by atoms with E-state index in [1.807, 2.05) is 41.3 Å². The summed E-state index contributed by atoms with van der Waals surface area (Å²) in [6.07, 6.45) is 0.887. The van der Waals surface area contributed by atoms with Gasteiger partial charge in [0.2, 0.25) is 0 Å². The highest BCUT2D eigenvalue weighted by Crippen LogP contribution is 2.13. The Balaban J connectivity index is 1.61. The van der Waals surface area contributed by atoms with E-state index in [4.69, 9.17) is 0 Å². The molecule has 1 atom stereocenters. The molecule has 3 rings (SSSR count). The SMILES string of the molecule is O=C1NC(Cc2ccccc2)CN1Cc1ccccc1. The zero-order valence-electron chi connectivity index (χ0n) is 11.3. The van der Waals surface area contributed by atoms with E-state index in [2.05, 4.69) is 29.6 Å². The van der Waals surface area contributed by atoms with E-state index in [1.54, 1.807) is 0 Å². The summed E-state index contributed by atoms with van der Waals surface area (Å²) in [4.78, 5) is 13.9. The fourth-order valence-electron chi connectivity index (χ4n) is 2.61. The van der Waals surface area contributed by atoms with Gasteiger partial charge in [0.15, 0.2) is 0 Å². The number of carbonyl (C=O) groups excluding carboxylic acids is 1. The normalized spacial score (nSPS) is 18.1. The zero-order chi connectivity index (χ0) is 13.8. The quantitative estimate of drug-likeness (QED) is 0.906. The Morgan fingerprint density at radius 2 is 1.55 bits per heavy atom. The maximum atomic E-state index is 12.0. The average molecular weight is 266 g/mol. The van der Waals surface area contributed by atoms with Crippen LogP contribution in [-0.2, 0) is 13.0 Å². The van der Waals surface area contributed by atoms with Crippen molar-refractivity contribution in [2.24, 2.45) is 0 Å². The van der Waals surface area contributed by atoms with Gasteiger partial charge in [0.05, 0.1) is 6.04 Å². The lowest BCUT2D eigenvalue weighted by atomic mass is 10.1. The maximum absolute atomic E-state index is 12.0. The molecule has 0 bridgehead atoms. The predicted molar refractivity (Wildman–Crippen MR) is 79.3 cm³/mol. The molecule has 3 nitrogen and oxygen atoms in total. The molecular weight excluding hydrogens is 248 g/mol. The van der Waals surface area contributed by atoms with E-state index in [9.17, 15) is 4.79 Å². The number of benzene rings is 2. The van der Waals surface area contributed by atoms with Gasteiger partial charge in [0.1, 0.15) is 0 Å². The summed E-state index contributed by atoms with van der Waals surface area (Å²) in [5.74, 6) is 0. The molecule has 2 aromatic carbocycles. The van der Waals surface area contributed by atoms with E-state index in [0.717, 1.165) is 13.0 Å². The van der Waals surface area contributed by atoms with Crippen LogP contribution in [0.5, 0.6) is 0 Å². The smallest absolute Gasteiger partial charge is 0.318 e. The van der Waals surface area contributed by atoms with Crippen LogP contribution in [0.2, 0.25) is 0 Å². The van der Waals surface area contributed by atoms with Crippen LogP contribution in [0, 0.1) is 0 Å². The van der Waals surface area contributed by atoms with Gasteiger partial charge in [-0.3, -0.25) is 0 Å². The molecule has 0 saturated carbocycles. The second-order valence-electron chi connectivity index (χ2n) is 5.20. The summed E-state index contributed by atoms with van der Waals surface area (Å²) in [6, 6.07) is 20.6. The number of urea groups is 1. The molecule has 1 aliphatic heterocycles. The first-order valence-corrected chi connectivity index (χ1v) is 6.94. The minimum absolute atomic E-state index is 0.0368. The van der Waals surface area contributed by atoms with Crippen LogP contribution in [0.25, 0.3) is 0 Å². The van der Waals surface area contributed by atoms with Crippen molar-refractivity contribution >= 4 is 6.03 Å². The molecule has 1 fully saturated rings. The topological polar surface area (TPSA) is 32.3 Å². The van der Waals surface area contributed by atoms with Crippen LogP contribution in [0.1, 0.15) is 11.1 Å². The van der Waals surface area contributed by atoms with Gasteiger partial charge in [-0.15, -0.1) is 0 Å². The van der Waals surface area contributed by atoms with Crippen molar-refractivity contribution in [3.05, 3.63) is 71.8 Å². The van der Waals surface area contributed by atoms with Crippen molar-refractivity contribution in [2.75, 3.05) is 6.54 Å². The molecule has 20 heavy (non-hydrogen) atoms. The van der Waals surface area contributed by atoms with E-state index in [-0.39, 0.29) is 12.1 Å². The predicted octanol–water partition coefficient (Wildman–Crippen LogP) is 2.82. The lowest BCUT2D eigenvalue weighted by molar-refractivity contribution is 0.215. The third-order valence-electron chi connectivity index (χ3n) is 3.60. The Kier molecular flexibility index (Phi) is 3.68. The first-order valence-electron chi connectivity index (χ1n) is 6.94. The number of carbonyl (C=O) groups is 1. The van der Waals surface area contributed by atoms with E-state index < -0.39 is 0 Å². The van der Waals surface area contributed by atoms with Crippen LogP contribution in [0.15, 0.2) is 60.7 Å². The van der Waals surface area contributed by atoms with Gasteiger partial charge in [-0.1, -0.05) is 60.7 Å². The van der Waals surface area contributed by atoms with Crippen molar-refractivity contribution in [3.63, 3.8) is 0 Å². The van der Waals surface area contributed by atoms with Crippen molar-refractivity contribution < 1.29 is 4.79 Å². The molecule has 2 amide bonds. The molecule has 0 spiro atoms. The van der Waals surface area contributed by atoms with Gasteiger partial charge in [-0.25, -0.2) is 4.79 Å². The molecule has 1 N–H and O–H groups in total. The summed E-state index contributed by atoms with van der Waals surface area (Å²) < 4.78 is 0. The second kappa shape index (κ2) is 5.78. The summed E-state index contributed by atoms with van der Waals surface area (Å²) in [5.41, 5.74) is 2.43. The van der Waals surface area contributed by atoms with Gasteiger partial charge in [0, 0.05) is 13.1 Å². The first-order chi connectivity index (χ1) is 9.81. The molecule has 1 saturated heterocycles. The van der Waals surface area contributed by atoms with Gasteiger partial charge in [-0.2, -0.15) is 0 Å². The lowest BCUT2D eigenvalue weighted by Crippen LogP contribution is -2.29. The highest BCUT2D eigenvalue weighted by molar-refractivity contribution is 5.77. The molecular formula is C17H18N2O. The fraction of sp³-hybridized carbons (Fsp3) is 0.235. The molecule has 1 aliphatic rings. The number of nitrogens with one attached hydrogen (secondary N) is 1. The number of rotatable bonds is 4. The zero-order valence-corrected chi connectivity index (χ0v) is 11.3. The maximum Gasteiger partial charge on any atom is 0.318 e. The Morgan fingerprint density at radius 1 is 0.950 bits per heavy atom. The highest BCUT2D eigenvalue weighted by Gasteiger charge is 2.28. The van der Waals surface area contributed by atoms with E-state index in [0.29, 0.717) is 6.54 Å². The molecule has 2 aromatic rings. The Hall–Kier alpha value is -2.29. The highest BCUT2D eigenvalue weighted by atomic mass is 16.2. The Morgan fingerprint density at radius 3 is 2.20 bits per heavy atom. The number of nitrogens with zero attached hydrogens (tertiary/aromatic N) is 1. The van der Waals surface area contributed by atoms with Gasteiger partial charge in [-0.05, 0) is 17.5 Å². The largest absolute Gasteiger partial charge is 0.333 e. The van der Waals surface area contributed by atoms with Gasteiger partial charge >= 0.3 is 6.03 Å². The molecule has 0 aromatic heterocycles. The first kappa shape index (κ1) is 12.7. The van der Waals surface area contributed by atoms with Crippen molar-refractivity contribution in [3.8, 4) is 0 Å². The fourth-order valence-corrected chi connectivity index (χ4v) is 2.61. The summed E-state index contributed by atoms with van der Waals surface area (Å²) in [7, 11) is 0. The van der Waals surface area contributed by atoms with Gasteiger partial charge in [0.25, 0.3) is 0 Å². The van der Waals surface area contributed by atoms with Crippen LogP contribution in [0.3, 0.4) is 0 Å². The Labute approximate surface area is 119 Å². The summed E-state index contributed by atoms with van der Waals surface area (Å²) in [6.45, 7) is 1.45. The van der Waals surface area contributed by atoms with E-state index >= 15 is 0 Å². The monoisotopic (exact) mass is 266 g/mol. The number of hydrogen-bond acceptors (Lipinski definition) is 1. The standard InChI is InChI=1S/C17H18N2O/c20-17-18-16(11-14-7-3-1-4-8-14)13-19(17)12-15-9-5-2-6-10-15/h1-10,16H,11-13H2,(H,18,20). The second-order valence-corrected chi connectivity index (χ2v) is 5.20. The molecule has 3 heteroatoms.